The number of ether oxygens (including phenoxy) is 1. The lowest BCUT2D eigenvalue weighted by Crippen LogP contribution is -2.06. The standard InChI is InChI=1S/C15H13Cl2N3O/c16-10-7-11(17)9-12(8-10)21-15-13(4-5-18)20-6-2-1-3-14(20)19-15/h1-3,6-9H,4-5,18H2. The van der Waals surface area contributed by atoms with Crippen LogP contribution in [0, 0.1) is 0 Å². The summed E-state index contributed by atoms with van der Waals surface area (Å²) >= 11 is 12.0. The molecule has 0 aliphatic rings. The summed E-state index contributed by atoms with van der Waals surface area (Å²) in [6, 6.07) is 10.8. The van der Waals surface area contributed by atoms with Gasteiger partial charge in [0.15, 0.2) is 0 Å². The van der Waals surface area contributed by atoms with Gasteiger partial charge in [-0.2, -0.15) is 4.98 Å². The van der Waals surface area contributed by atoms with Crippen LogP contribution in [0.3, 0.4) is 0 Å². The zero-order valence-corrected chi connectivity index (χ0v) is 12.6. The molecule has 1 aromatic carbocycles. The fraction of sp³-hybridized carbons (Fsp3) is 0.133. The number of nitrogens with two attached hydrogens (primary N) is 1. The van der Waals surface area contributed by atoms with Crippen LogP contribution in [0.25, 0.3) is 5.65 Å². The monoisotopic (exact) mass is 321 g/mol. The number of aromatic nitrogens is 2. The van der Waals surface area contributed by atoms with Crippen molar-refractivity contribution in [2.75, 3.05) is 6.54 Å². The lowest BCUT2D eigenvalue weighted by Gasteiger charge is -2.06. The highest BCUT2D eigenvalue weighted by atomic mass is 35.5. The zero-order valence-electron chi connectivity index (χ0n) is 11.1. The zero-order chi connectivity index (χ0) is 14.8. The topological polar surface area (TPSA) is 52.5 Å². The van der Waals surface area contributed by atoms with Gasteiger partial charge in [-0.15, -0.1) is 0 Å². The first-order valence-electron chi connectivity index (χ1n) is 6.47. The highest BCUT2D eigenvalue weighted by molar-refractivity contribution is 6.34. The molecule has 3 aromatic rings. The first-order valence-corrected chi connectivity index (χ1v) is 7.23. The number of benzene rings is 1. The first-order chi connectivity index (χ1) is 10.2. The van der Waals surface area contributed by atoms with Gasteiger partial charge in [0.1, 0.15) is 11.4 Å². The first kappa shape index (κ1) is 14.2. The van der Waals surface area contributed by atoms with Crippen LogP contribution in [0.15, 0.2) is 42.6 Å². The van der Waals surface area contributed by atoms with Crippen molar-refractivity contribution in [3.63, 3.8) is 0 Å². The van der Waals surface area contributed by atoms with Crippen molar-refractivity contribution in [2.45, 2.75) is 6.42 Å². The maximum absolute atomic E-state index is 5.99. The fourth-order valence-corrected chi connectivity index (χ4v) is 2.68. The number of pyridine rings is 1. The Morgan fingerprint density at radius 3 is 2.62 bits per heavy atom. The van der Waals surface area contributed by atoms with Crippen molar-refractivity contribution in [2.24, 2.45) is 5.73 Å². The summed E-state index contributed by atoms with van der Waals surface area (Å²) in [5.41, 5.74) is 7.41. The minimum Gasteiger partial charge on any atom is -0.437 e. The van der Waals surface area contributed by atoms with Crippen LogP contribution >= 0.6 is 23.2 Å². The molecule has 2 heterocycles. The van der Waals surface area contributed by atoms with Gasteiger partial charge in [0.2, 0.25) is 5.88 Å². The van der Waals surface area contributed by atoms with E-state index in [0.717, 1.165) is 11.3 Å². The van der Waals surface area contributed by atoms with Crippen molar-refractivity contribution < 1.29 is 4.74 Å². The molecule has 6 heteroatoms. The molecule has 4 nitrogen and oxygen atoms in total. The molecule has 0 aliphatic carbocycles. The quantitative estimate of drug-likeness (QED) is 0.792. The summed E-state index contributed by atoms with van der Waals surface area (Å²) in [5, 5.41) is 1.03. The summed E-state index contributed by atoms with van der Waals surface area (Å²) in [5.74, 6) is 1.07. The third-order valence-corrected chi connectivity index (χ3v) is 3.46. The van der Waals surface area contributed by atoms with E-state index in [0.29, 0.717) is 34.6 Å². The highest BCUT2D eigenvalue weighted by Crippen LogP contribution is 2.30. The van der Waals surface area contributed by atoms with E-state index in [1.54, 1.807) is 18.2 Å². The molecule has 0 atom stereocenters. The predicted octanol–water partition coefficient (Wildman–Crippen LogP) is 3.93. The van der Waals surface area contributed by atoms with Crippen LogP contribution in [0.1, 0.15) is 5.69 Å². The molecule has 0 amide bonds. The molecular weight excluding hydrogens is 309 g/mol. The van der Waals surface area contributed by atoms with Gasteiger partial charge >= 0.3 is 0 Å². The summed E-state index contributed by atoms with van der Waals surface area (Å²) in [6.07, 6.45) is 2.60. The van der Waals surface area contributed by atoms with E-state index < -0.39 is 0 Å². The number of hydrogen-bond donors (Lipinski definition) is 1. The Morgan fingerprint density at radius 2 is 1.90 bits per heavy atom. The summed E-state index contributed by atoms with van der Waals surface area (Å²) in [6.45, 7) is 0.509. The van der Waals surface area contributed by atoms with Gasteiger partial charge in [0, 0.05) is 22.7 Å². The Balaban J connectivity index is 2.04. The number of fused-ring (bicyclic) bond motifs is 1. The average Bonchev–Trinajstić information content (AvgIpc) is 2.76. The minimum atomic E-state index is 0.509. The number of nitrogens with zero attached hydrogens (tertiary/aromatic N) is 2. The van der Waals surface area contributed by atoms with E-state index in [-0.39, 0.29) is 0 Å². The molecule has 0 spiro atoms. The lowest BCUT2D eigenvalue weighted by molar-refractivity contribution is 0.459. The van der Waals surface area contributed by atoms with Crippen molar-refractivity contribution >= 4 is 28.8 Å². The Bertz CT molecular complexity index is 765. The summed E-state index contributed by atoms with van der Waals surface area (Å²) in [7, 11) is 0. The Labute approximate surface area is 132 Å². The Hall–Kier alpha value is -1.75. The molecule has 108 valence electrons. The molecule has 0 bridgehead atoms. The second-order valence-electron chi connectivity index (χ2n) is 4.54. The highest BCUT2D eigenvalue weighted by Gasteiger charge is 2.13. The van der Waals surface area contributed by atoms with E-state index in [2.05, 4.69) is 4.98 Å². The normalized spacial score (nSPS) is 11.0. The van der Waals surface area contributed by atoms with E-state index >= 15 is 0 Å². The Morgan fingerprint density at radius 1 is 1.14 bits per heavy atom. The summed E-state index contributed by atoms with van der Waals surface area (Å²) in [4.78, 5) is 4.48. The number of halogens is 2. The van der Waals surface area contributed by atoms with Crippen molar-refractivity contribution in [1.82, 2.24) is 9.38 Å². The second kappa shape index (κ2) is 5.93. The van der Waals surface area contributed by atoms with Crippen LogP contribution in [0.2, 0.25) is 10.0 Å². The molecule has 0 unspecified atom stereocenters. The minimum absolute atomic E-state index is 0.509. The SMILES string of the molecule is NCCc1c(Oc2cc(Cl)cc(Cl)c2)nc2ccccn12. The number of rotatable bonds is 4. The van der Waals surface area contributed by atoms with Gasteiger partial charge in [-0.25, -0.2) is 0 Å². The molecular formula is C15H13Cl2N3O. The van der Waals surface area contributed by atoms with Crippen molar-refractivity contribution in [1.29, 1.82) is 0 Å². The average molecular weight is 322 g/mol. The molecule has 0 aliphatic heterocycles. The maximum Gasteiger partial charge on any atom is 0.241 e. The van der Waals surface area contributed by atoms with Crippen molar-refractivity contribution in [3.8, 4) is 11.6 Å². The molecule has 21 heavy (non-hydrogen) atoms. The van der Waals surface area contributed by atoms with Crippen LogP contribution in [0.5, 0.6) is 11.6 Å². The largest absolute Gasteiger partial charge is 0.437 e. The van der Waals surface area contributed by atoms with Crippen LogP contribution in [0.4, 0.5) is 0 Å². The van der Waals surface area contributed by atoms with E-state index in [1.165, 1.54) is 0 Å². The Kier molecular flexibility index (Phi) is 4.01. The predicted molar refractivity (Wildman–Crippen MR) is 84.5 cm³/mol. The van der Waals surface area contributed by atoms with Crippen LogP contribution in [-0.2, 0) is 6.42 Å². The fourth-order valence-electron chi connectivity index (χ4n) is 2.17. The smallest absolute Gasteiger partial charge is 0.241 e. The lowest BCUT2D eigenvalue weighted by atomic mass is 10.3. The molecule has 0 fully saturated rings. The van der Waals surface area contributed by atoms with E-state index in [1.807, 2.05) is 28.8 Å². The molecule has 2 N–H and O–H groups in total. The molecule has 0 saturated carbocycles. The van der Waals surface area contributed by atoms with Gasteiger partial charge < -0.3 is 14.9 Å². The second-order valence-corrected chi connectivity index (χ2v) is 5.41. The molecule has 2 aromatic heterocycles. The van der Waals surface area contributed by atoms with Crippen molar-refractivity contribution in [3.05, 3.63) is 58.3 Å². The third-order valence-electron chi connectivity index (χ3n) is 3.02. The number of imidazole rings is 1. The summed E-state index contributed by atoms with van der Waals surface area (Å²) < 4.78 is 7.82. The van der Waals surface area contributed by atoms with Crippen LogP contribution in [-0.4, -0.2) is 15.9 Å². The van der Waals surface area contributed by atoms with Gasteiger partial charge in [-0.05, 0) is 36.9 Å². The van der Waals surface area contributed by atoms with Gasteiger partial charge in [0.25, 0.3) is 0 Å². The van der Waals surface area contributed by atoms with Gasteiger partial charge in [0.05, 0.1) is 5.69 Å². The molecule has 0 saturated heterocycles. The number of hydrogen-bond acceptors (Lipinski definition) is 3. The third kappa shape index (κ3) is 2.97. The molecule has 0 radical (unpaired) electrons. The van der Waals surface area contributed by atoms with E-state index in [9.17, 15) is 0 Å². The van der Waals surface area contributed by atoms with Gasteiger partial charge in [-0.1, -0.05) is 29.3 Å². The maximum atomic E-state index is 5.99. The van der Waals surface area contributed by atoms with E-state index in [4.69, 9.17) is 33.7 Å². The van der Waals surface area contributed by atoms with Crippen LogP contribution < -0.4 is 10.5 Å². The molecule has 3 rings (SSSR count). The van der Waals surface area contributed by atoms with Gasteiger partial charge in [-0.3, -0.25) is 0 Å².